The van der Waals surface area contributed by atoms with Crippen LogP contribution < -0.4 is 0 Å². The Kier molecular flexibility index (Phi) is 4.98. The van der Waals surface area contributed by atoms with E-state index in [0.29, 0.717) is 12.9 Å². The first-order valence-electron chi connectivity index (χ1n) is 6.14. The fourth-order valence-electron chi connectivity index (χ4n) is 1.90. The van der Waals surface area contributed by atoms with E-state index in [4.69, 9.17) is 14.2 Å². The molecule has 0 aromatic heterocycles. The van der Waals surface area contributed by atoms with Gasteiger partial charge in [-0.2, -0.15) is 0 Å². The summed E-state index contributed by atoms with van der Waals surface area (Å²) in [5.41, 5.74) is 1.36. The second-order valence-electron chi connectivity index (χ2n) is 4.41. The molecule has 17 heavy (non-hydrogen) atoms. The third-order valence-corrected chi connectivity index (χ3v) is 2.95. The van der Waals surface area contributed by atoms with E-state index in [1.165, 1.54) is 5.56 Å². The molecule has 3 nitrogen and oxygen atoms in total. The zero-order valence-corrected chi connectivity index (χ0v) is 10.3. The van der Waals surface area contributed by atoms with E-state index < -0.39 is 0 Å². The van der Waals surface area contributed by atoms with Crippen molar-refractivity contribution in [2.75, 3.05) is 20.5 Å². The first kappa shape index (κ1) is 12.6. The normalized spacial score (nSPS) is 20.2. The van der Waals surface area contributed by atoms with Gasteiger partial charge in [0.1, 0.15) is 6.79 Å². The summed E-state index contributed by atoms with van der Waals surface area (Å²) in [4.78, 5) is 0. The van der Waals surface area contributed by atoms with Crippen molar-refractivity contribution in [1.29, 1.82) is 0 Å². The standard InChI is InChI=1S/C14H20O3/c1-15-11-17-13(9-14-10-16-14)8-7-12-5-3-2-4-6-12/h2-6,13-14H,7-11H2,1H3/t13-,14+/m0/s1. The average molecular weight is 236 g/mol. The molecule has 0 radical (unpaired) electrons. The van der Waals surface area contributed by atoms with Gasteiger partial charge in [-0.3, -0.25) is 0 Å². The van der Waals surface area contributed by atoms with Crippen molar-refractivity contribution in [2.45, 2.75) is 31.5 Å². The summed E-state index contributed by atoms with van der Waals surface area (Å²) in [5, 5.41) is 0. The molecule has 0 spiro atoms. The maximum Gasteiger partial charge on any atom is 0.146 e. The van der Waals surface area contributed by atoms with Crippen molar-refractivity contribution in [3.63, 3.8) is 0 Å². The summed E-state index contributed by atoms with van der Waals surface area (Å²) < 4.78 is 15.9. The molecule has 1 aromatic rings. The number of aryl methyl sites for hydroxylation is 1. The van der Waals surface area contributed by atoms with Gasteiger partial charge in [-0.1, -0.05) is 30.3 Å². The number of hydrogen-bond acceptors (Lipinski definition) is 3. The van der Waals surface area contributed by atoms with Gasteiger partial charge in [-0.05, 0) is 18.4 Å². The molecule has 0 saturated carbocycles. The first-order chi connectivity index (χ1) is 8.38. The molecule has 0 aliphatic carbocycles. The van der Waals surface area contributed by atoms with Gasteiger partial charge < -0.3 is 14.2 Å². The van der Waals surface area contributed by atoms with Crippen molar-refractivity contribution >= 4 is 0 Å². The fourth-order valence-corrected chi connectivity index (χ4v) is 1.90. The van der Waals surface area contributed by atoms with Crippen LogP contribution in [-0.4, -0.2) is 32.7 Å². The molecule has 1 aromatic carbocycles. The van der Waals surface area contributed by atoms with E-state index in [-0.39, 0.29) is 6.10 Å². The summed E-state index contributed by atoms with van der Waals surface area (Å²) in [6.07, 6.45) is 3.70. The Morgan fingerprint density at radius 3 is 2.76 bits per heavy atom. The van der Waals surface area contributed by atoms with E-state index in [2.05, 4.69) is 24.3 Å². The molecule has 0 N–H and O–H groups in total. The molecule has 1 heterocycles. The van der Waals surface area contributed by atoms with Crippen molar-refractivity contribution in [3.8, 4) is 0 Å². The number of benzene rings is 1. The zero-order valence-electron chi connectivity index (χ0n) is 10.3. The van der Waals surface area contributed by atoms with Crippen molar-refractivity contribution in [2.24, 2.45) is 0 Å². The number of ether oxygens (including phenoxy) is 3. The molecule has 3 heteroatoms. The highest BCUT2D eigenvalue weighted by atomic mass is 16.7. The second kappa shape index (κ2) is 6.74. The van der Waals surface area contributed by atoms with Gasteiger partial charge in [-0.25, -0.2) is 0 Å². The Labute approximate surface area is 103 Å². The molecule has 0 amide bonds. The maximum absolute atomic E-state index is 5.66. The summed E-state index contributed by atoms with van der Waals surface area (Å²) in [7, 11) is 1.65. The van der Waals surface area contributed by atoms with Gasteiger partial charge in [0.2, 0.25) is 0 Å². The number of hydrogen-bond donors (Lipinski definition) is 0. The highest BCUT2D eigenvalue weighted by Crippen LogP contribution is 2.20. The summed E-state index contributed by atoms with van der Waals surface area (Å²) >= 11 is 0. The minimum Gasteiger partial charge on any atom is -0.373 e. The van der Waals surface area contributed by atoms with Crippen LogP contribution in [0.3, 0.4) is 0 Å². The molecule has 2 rings (SSSR count). The first-order valence-corrected chi connectivity index (χ1v) is 6.14. The third-order valence-electron chi connectivity index (χ3n) is 2.95. The Bertz CT molecular complexity index is 309. The van der Waals surface area contributed by atoms with E-state index in [0.717, 1.165) is 25.9 Å². The van der Waals surface area contributed by atoms with Crippen LogP contribution in [0.15, 0.2) is 30.3 Å². The van der Waals surface area contributed by atoms with E-state index in [9.17, 15) is 0 Å². The monoisotopic (exact) mass is 236 g/mol. The maximum atomic E-state index is 5.66. The van der Waals surface area contributed by atoms with Crippen molar-refractivity contribution in [1.82, 2.24) is 0 Å². The topological polar surface area (TPSA) is 31.0 Å². The quantitative estimate of drug-likeness (QED) is 0.513. The molecule has 1 saturated heterocycles. The molecule has 1 aliphatic rings. The smallest absolute Gasteiger partial charge is 0.146 e. The highest BCUT2D eigenvalue weighted by molar-refractivity contribution is 5.14. The lowest BCUT2D eigenvalue weighted by Crippen LogP contribution is -2.18. The molecule has 94 valence electrons. The minimum atomic E-state index is 0.239. The average Bonchev–Trinajstić information content (AvgIpc) is 3.18. The van der Waals surface area contributed by atoms with E-state index in [1.807, 2.05) is 6.07 Å². The Balaban J connectivity index is 1.75. The van der Waals surface area contributed by atoms with Crippen LogP contribution in [-0.2, 0) is 20.6 Å². The summed E-state index contributed by atoms with van der Waals surface area (Å²) in [6, 6.07) is 10.5. The van der Waals surface area contributed by atoms with Gasteiger partial charge in [0.05, 0.1) is 18.8 Å². The zero-order chi connectivity index (χ0) is 11.9. The number of epoxide rings is 1. The largest absolute Gasteiger partial charge is 0.373 e. The van der Waals surface area contributed by atoms with Crippen LogP contribution in [0.1, 0.15) is 18.4 Å². The lowest BCUT2D eigenvalue weighted by atomic mass is 10.0. The molecular weight excluding hydrogens is 216 g/mol. The van der Waals surface area contributed by atoms with E-state index in [1.54, 1.807) is 7.11 Å². The number of methoxy groups -OCH3 is 1. The van der Waals surface area contributed by atoms with Crippen molar-refractivity contribution < 1.29 is 14.2 Å². The molecule has 0 unspecified atom stereocenters. The third kappa shape index (κ3) is 4.86. The summed E-state index contributed by atoms with van der Waals surface area (Å²) in [6.45, 7) is 1.25. The van der Waals surface area contributed by atoms with Crippen LogP contribution in [0, 0.1) is 0 Å². The second-order valence-corrected chi connectivity index (χ2v) is 4.41. The predicted molar refractivity (Wildman–Crippen MR) is 65.9 cm³/mol. The minimum absolute atomic E-state index is 0.239. The highest BCUT2D eigenvalue weighted by Gasteiger charge is 2.26. The lowest BCUT2D eigenvalue weighted by molar-refractivity contribution is -0.0779. The van der Waals surface area contributed by atoms with Crippen LogP contribution in [0.25, 0.3) is 0 Å². The predicted octanol–water partition coefficient (Wildman–Crippen LogP) is 2.40. The van der Waals surface area contributed by atoms with Crippen molar-refractivity contribution in [3.05, 3.63) is 35.9 Å². The van der Waals surface area contributed by atoms with Crippen LogP contribution in [0.4, 0.5) is 0 Å². The molecular formula is C14H20O3. The van der Waals surface area contributed by atoms with Crippen LogP contribution in [0.5, 0.6) is 0 Å². The van der Waals surface area contributed by atoms with E-state index >= 15 is 0 Å². The Morgan fingerprint density at radius 2 is 2.12 bits per heavy atom. The Hall–Kier alpha value is -0.900. The van der Waals surface area contributed by atoms with Gasteiger partial charge in [0.15, 0.2) is 0 Å². The fraction of sp³-hybridized carbons (Fsp3) is 0.571. The van der Waals surface area contributed by atoms with Crippen LogP contribution >= 0.6 is 0 Å². The van der Waals surface area contributed by atoms with Gasteiger partial charge >= 0.3 is 0 Å². The molecule has 2 atom stereocenters. The van der Waals surface area contributed by atoms with Crippen LogP contribution in [0.2, 0.25) is 0 Å². The molecule has 1 fully saturated rings. The lowest BCUT2D eigenvalue weighted by Gasteiger charge is -2.16. The van der Waals surface area contributed by atoms with Gasteiger partial charge in [0, 0.05) is 13.5 Å². The molecule has 1 aliphatic heterocycles. The van der Waals surface area contributed by atoms with Gasteiger partial charge in [-0.15, -0.1) is 0 Å². The SMILES string of the molecule is COCO[C@@H](CCc1ccccc1)C[C@@H]1CO1. The van der Waals surface area contributed by atoms with Gasteiger partial charge in [0.25, 0.3) is 0 Å². The Morgan fingerprint density at radius 1 is 1.35 bits per heavy atom. The summed E-state index contributed by atoms with van der Waals surface area (Å²) in [5.74, 6) is 0. The number of rotatable bonds is 8. The molecule has 0 bridgehead atoms.